The minimum Gasteiger partial charge on any atom is -0.354 e. The number of carbonyl (C=O) groups excluding carboxylic acids is 1. The molecular formula is C26H39N5O. The Morgan fingerprint density at radius 1 is 0.875 bits per heavy atom. The molecule has 0 heterocycles. The van der Waals surface area contributed by atoms with Crippen molar-refractivity contribution in [2.24, 2.45) is 4.99 Å². The summed E-state index contributed by atoms with van der Waals surface area (Å²) in [6.07, 6.45) is 0. The van der Waals surface area contributed by atoms with Crippen LogP contribution in [-0.2, 0) is 6.54 Å². The molecule has 2 aromatic carbocycles. The molecule has 1 atom stereocenters. The molecule has 6 nitrogen and oxygen atoms in total. The molecule has 0 aliphatic carbocycles. The average Bonchev–Trinajstić information content (AvgIpc) is 2.85. The number of aliphatic imine (C=N–C) groups is 1. The van der Waals surface area contributed by atoms with Crippen molar-refractivity contribution in [1.29, 1.82) is 0 Å². The van der Waals surface area contributed by atoms with Crippen molar-refractivity contribution in [2.75, 3.05) is 39.8 Å². The highest BCUT2D eigenvalue weighted by molar-refractivity contribution is 5.94. The highest BCUT2D eigenvalue weighted by Crippen LogP contribution is 2.19. The maximum absolute atomic E-state index is 12.5. The lowest BCUT2D eigenvalue weighted by molar-refractivity contribution is 0.0773. The van der Waals surface area contributed by atoms with E-state index in [9.17, 15) is 4.79 Å². The molecule has 1 unspecified atom stereocenters. The van der Waals surface area contributed by atoms with Crippen LogP contribution in [0.4, 0.5) is 0 Å². The molecule has 0 aromatic heterocycles. The van der Waals surface area contributed by atoms with Gasteiger partial charge in [-0.25, -0.2) is 0 Å². The van der Waals surface area contributed by atoms with Gasteiger partial charge in [0.25, 0.3) is 5.91 Å². The van der Waals surface area contributed by atoms with E-state index in [1.807, 2.05) is 43.0 Å². The Kier molecular flexibility index (Phi) is 10.7. The number of likely N-dealkylation sites (N-methyl/N-ethyl adjacent to an activating group) is 1. The first-order valence-corrected chi connectivity index (χ1v) is 11.7. The SMILES string of the molecule is CCN(CC)C(=O)c1ccc(CNC(=NC)NCC(c2ccccc2)N(CC)CC)cc1. The summed E-state index contributed by atoms with van der Waals surface area (Å²) in [5.74, 6) is 0.844. The lowest BCUT2D eigenvalue weighted by Gasteiger charge is -2.30. The number of benzene rings is 2. The monoisotopic (exact) mass is 437 g/mol. The number of hydrogen-bond acceptors (Lipinski definition) is 3. The quantitative estimate of drug-likeness (QED) is 0.413. The zero-order valence-corrected chi connectivity index (χ0v) is 20.3. The van der Waals surface area contributed by atoms with Crippen LogP contribution >= 0.6 is 0 Å². The first-order chi connectivity index (χ1) is 15.6. The van der Waals surface area contributed by atoms with Crippen molar-refractivity contribution in [2.45, 2.75) is 40.3 Å². The predicted octanol–water partition coefficient (Wildman–Crippen LogP) is 3.92. The molecule has 32 heavy (non-hydrogen) atoms. The van der Waals surface area contributed by atoms with E-state index in [2.05, 4.69) is 64.7 Å². The largest absolute Gasteiger partial charge is 0.354 e. The van der Waals surface area contributed by atoms with E-state index < -0.39 is 0 Å². The van der Waals surface area contributed by atoms with E-state index in [4.69, 9.17) is 0 Å². The van der Waals surface area contributed by atoms with Gasteiger partial charge >= 0.3 is 0 Å². The number of nitrogens with one attached hydrogen (secondary N) is 2. The number of rotatable bonds is 11. The Bertz CT molecular complexity index is 827. The third kappa shape index (κ3) is 7.09. The third-order valence-electron chi connectivity index (χ3n) is 5.84. The molecule has 0 radical (unpaired) electrons. The molecule has 2 rings (SSSR count). The van der Waals surface area contributed by atoms with Crippen LogP contribution in [0.25, 0.3) is 0 Å². The van der Waals surface area contributed by atoms with Gasteiger partial charge in [-0.05, 0) is 50.2 Å². The second-order valence-electron chi connectivity index (χ2n) is 7.63. The van der Waals surface area contributed by atoms with Crippen LogP contribution in [0.5, 0.6) is 0 Å². The van der Waals surface area contributed by atoms with Gasteiger partial charge in [0.1, 0.15) is 0 Å². The molecule has 0 fully saturated rings. The van der Waals surface area contributed by atoms with Gasteiger partial charge in [0.2, 0.25) is 0 Å². The molecule has 0 spiro atoms. The Balaban J connectivity index is 1.96. The van der Waals surface area contributed by atoms with E-state index in [-0.39, 0.29) is 11.9 Å². The van der Waals surface area contributed by atoms with Crippen molar-refractivity contribution in [3.63, 3.8) is 0 Å². The van der Waals surface area contributed by atoms with Gasteiger partial charge in [0, 0.05) is 38.8 Å². The fraction of sp³-hybridized carbons (Fsp3) is 0.462. The van der Waals surface area contributed by atoms with Crippen molar-refractivity contribution in [1.82, 2.24) is 20.4 Å². The molecule has 2 N–H and O–H groups in total. The van der Waals surface area contributed by atoms with Gasteiger partial charge in [0.15, 0.2) is 5.96 Å². The van der Waals surface area contributed by atoms with E-state index in [0.717, 1.165) is 49.8 Å². The Hall–Kier alpha value is -2.86. The average molecular weight is 438 g/mol. The molecule has 0 bridgehead atoms. The molecule has 0 saturated heterocycles. The van der Waals surface area contributed by atoms with Crippen LogP contribution in [0.15, 0.2) is 59.6 Å². The zero-order chi connectivity index (χ0) is 23.3. The second kappa shape index (κ2) is 13.5. The number of hydrogen-bond donors (Lipinski definition) is 2. The van der Waals surface area contributed by atoms with Gasteiger partial charge in [-0.1, -0.05) is 56.3 Å². The topological polar surface area (TPSA) is 60.0 Å². The summed E-state index contributed by atoms with van der Waals surface area (Å²) in [5.41, 5.74) is 3.13. The Morgan fingerprint density at radius 3 is 2.03 bits per heavy atom. The van der Waals surface area contributed by atoms with Crippen molar-refractivity contribution < 1.29 is 4.79 Å². The van der Waals surface area contributed by atoms with Crippen LogP contribution in [-0.4, -0.2) is 61.4 Å². The smallest absolute Gasteiger partial charge is 0.253 e. The Labute approximate surface area is 193 Å². The van der Waals surface area contributed by atoms with Gasteiger partial charge in [-0.15, -0.1) is 0 Å². The second-order valence-corrected chi connectivity index (χ2v) is 7.63. The first kappa shape index (κ1) is 25.4. The van der Waals surface area contributed by atoms with Crippen molar-refractivity contribution >= 4 is 11.9 Å². The van der Waals surface area contributed by atoms with Gasteiger partial charge in [-0.3, -0.25) is 14.7 Å². The number of carbonyl (C=O) groups is 1. The van der Waals surface area contributed by atoms with E-state index >= 15 is 0 Å². The normalized spacial score (nSPS) is 12.5. The first-order valence-electron chi connectivity index (χ1n) is 11.7. The van der Waals surface area contributed by atoms with Crippen LogP contribution in [0.1, 0.15) is 55.2 Å². The minimum atomic E-state index is 0.0790. The fourth-order valence-electron chi connectivity index (χ4n) is 3.86. The predicted molar refractivity (Wildman–Crippen MR) is 134 cm³/mol. The molecule has 0 aliphatic heterocycles. The summed E-state index contributed by atoms with van der Waals surface area (Å²) in [5, 5.41) is 6.87. The van der Waals surface area contributed by atoms with E-state index in [1.54, 1.807) is 7.05 Å². The summed E-state index contributed by atoms with van der Waals surface area (Å²) >= 11 is 0. The van der Waals surface area contributed by atoms with Crippen molar-refractivity contribution in [3.8, 4) is 0 Å². The van der Waals surface area contributed by atoms with Gasteiger partial charge in [-0.2, -0.15) is 0 Å². The maximum atomic E-state index is 12.5. The molecule has 2 aromatic rings. The molecule has 0 aliphatic rings. The summed E-state index contributed by atoms with van der Waals surface area (Å²) < 4.78 is 0. The highest BCUT2D eigenvalue weighted by atomic mass is 16.2. The molecule has 1 amide bonds. The number of nitrogens with zero attached hydrogens (tertiary/aromatic N) is 3. The van der Waals surface area contributed by atoms with Crippen molar-refractivity contribution in [3.05, 3.63) is 71.3 Å². The summed E-state index contributed by atoms with van der Waals surface area (Å²) in [4.78, 5) is 21.1. The third-order valence-corrected chi connectivity index (χ3v) is 5.84. The number of guanidine groups is 1. The van der Waals surface area contributed by atoms with E-state index in [0.29, 0.717) is 6.54 Å². The summed E-state index contributed by atoms with van der Waals surface area (Å²) in [6.45, 7) is 13.2. The Morgan fingerprint density at radius 2 is 1.50 bits per heavy atom. The zero-order valence-electron chi connectivity index (χ0n) is 20.3. The van der Waals surface area contributed by atoms with Crippen LogP contribution in [0.3, 0.4) is 0 Å². The molecular weight excluding hydrogens is 398 g/mol. The maximum Gasteiger partial charge on any atom is 0.253 e. The van der Waals surface area contributed by atoms with Crippen LogP contribution in [0, 0.1) is 0 Å². The van der Waals surface area contributed by atoms with E-state index in [1.165, 1.54) is 5.56 Å². The summed E-state index contributed by atoms with van der Waals surface area (Å²) in [6, 6.07) is 18.7. The lowest BCUT2D eigenvalue weighted by atomic mass is 10.1. The fourth-order valence-corrected chi connectivity index (χ4v) is 3.86. The van der Waals surface area contributed by atoms with Gasteiger partial charge in [0.05, 0.1) is 6.04 Å². The minimum absolute atomic E-state index is 0.0790. The molecule has 6 heteroatoms. The molecule has 0 saturated carbocycles. The van der Waals surface area contributed by atoms with Crippen LogP contribution in [0.2, 0.25) is 0 Å². The standard InChI is InChI=1S/C26H39N5O/c1-6-30(7-2)24(22-13-11-10-12-14-22)20-29-26(27-5)28-19-21-15-17-23(18-16-21)25(32)31(8-3)9-4/h10-18,24H,6-9,19-20H2,1-5H3,(H2,27,28,29). The molecule has 174 valence electrons. The summed E-state index contributed by atoms with van der Waals surface area (Å²) in [7, 11) is 1.79. The number of amides is 1. The van der Waals surface area contributed by atoms with Gasteiger partial charge < -0.3 is 15.5 Å². The highest BCUT2D eigenvalue weighted by Gasteiger charge is 2.18. The van der Waals surface area contributed by atoms with Crippen LogP contribution < -0.4 is 10.6 Å². The lowest BCUT2D eigenvalue weighted by Crippen LogP contribution is -2.43.